The van der Waals surface area contributed by atoms with Crippen LogP contribution in [0.2, 0.25) is 0 Å². The molecule has 0 bridgehead atoms. The molecule has 3 aromatic heterocycles. The van der Waals surface area contributed by atoms with Crippen molar-refractivity contribution >= 4 is 43.4 Å². The Balaban J connectivity index is 1.48. The Labute approximate surface area is 194 Å². The lowest BCUT2D eigenvalue weighted by Gasteiger charge is -2.09. The van der Waals surface area contributed by atoms with Crippen LogP contribution in [0.1, 0.15) is 32.7 Å². The number of nitrogens with zero attached hydrogens (tertiary/aromatic N) is 3. The van der Waals surface area contributed by atoms with Crippen LogP contribution in [0.5, 0.6) is 0 Å². The van der Waals surface area contributed by atoms with Gasteiger partial charge in [0.05, 0.1) is 11.2 Å². The van der Waals surface area contributed by atoms with Crippen molar-refractivity contribution in [3.05, 3.63) is 93.2 Å². The van der Waals surface area contributed by atoms with Crippen molar-refractivity contribution in [1.29, 1.82) is 0 Å². The standard InChI is InChI=1S/C26H22N4O2S/c1-14-5-8-19(12-15(14)2)29-24(31)18-6-9-20(10-7-18)30-13-27-22-21-16(3)11-17(4)28-25(21)33-23(22)26(30)32/h5-13H,1-4H3,(H,29,31). The van der Waals surface area contributed by atoms with Gasteiger partial charge in [-0.25, -0.2) is 9.97 Å². The van der Waals surface area contributed by atoms with E-state index in [1.165, 1.54) is 21.5 Å². The van der Waals surface area contributed by atoms with Gasteiger partial charge in [-0.2, -0.15) is 0 Å². The summed E-state index contributed by atoms with van der Waals surface area (Å²) in [5, 5.41) is 3.85. The molecule has 5 aromatic rings. The van der Waals surface area contributed by atoms with Gasteiger partial charge >= 0.3 is 0 Å². The lowest BCUT2D eigenvalue weighted by atomic mass is 10.1. The molecule has 0 saturated heterocycles. The first kappa shape index (κ1) is 21.0. The molecule has 1 N–H and O–H groups in total. The van der Waals surface area contributed by atoms with Crippen LogP contribution in [0.3, 0.4) is 0 Å². The number of fused-ring (bicyclic) bond motifs is 3. The summed E-state index contributed by atoms with van der Waals surface area (Å²) >= 11 is 1.37. The molecule has 33 heavy (non-hydrogen) atoms. The van der Waals surface area contributed by atoms with Crippen molar-refractivity contribution < 1.29 is 4.79 Å². The fourth-order valence-corrected chi connectivity index (χ4v) is 5.13. The number of amides is 1. The first-order valence-electron chi connectivity index (χ1n) is 10.6. The average Bonchev–Trinajstić information content (AvgIpc) is 3.16. The molecule has 0 aliphatic heterocycles. The van der Waals surface area contributed by atoms with Gasteiger partial charge in [0, 0.05) is 22.3 Å². The van der Waals surface area contributed by atoms with Gasteiger partial charge in [-0.1, -0.05) is 6.07 Å². The van der Waals surface area contributed by atoms with Crippen molar-refractivity contribution in [2.75, 3.05) is 5.32 Å². The Kier molecular flexibility index (Phi) is 5.06. The summed E-state index contributed by atoms with van der Waals surface area (Å²) in [5.74, 6) is -0.202. The number of hydrogen-bond acceptors (Lipinski definition) is 5. The van der Waals surface area contributed by atoms with E-state index in [4.69, 9.17) is 0 Å². The molecule has 0 radical (unpaired) electrons. The topological polar surface area (TPSA) is 76.9 Å². The minimum absolute atomic E-state index is 0.146. The second-order valence-corrected chi connectivity index (χ2v) is 9.26. The van der Waals surface area contributed by atoms with Crippen molar-refractivity contribution in [2.45, 2.75) is 27.7 Å². The van der Waals surface area contributed by atoms with Gasteiger partial charge < -0.3 is 5.32 Å². The highest BCUT2D eigenvalue weighted by atomic mass is 32.1. The number of nitrogens with one attached hydrogen (secondary N) is 1. The van der Waals surface area contributed by atoms with Gasteiger partial charge in [0.25, 0.3) is 11.5 Å². The van der Waals surface area contributed by atoms with Gasteiger partial charge in [-0.15, -0.1) is 11.3 Å². The molecule has 5 rings (SSSR count). The molecule has 1 amide bonds. The SMILES string of the molecule is Cc1cc(C)c2c(n1)sc1c(=O)n(-c3ccc(C(=O)Nc4ccc(C)c(C)c4)cc3)cnc12. The molecule has 2 aromatic carbocycles. The zero-order valence-corrected chi connectivity index (χ0v) is 19.6. The smallest absolute Gasteiger partial charge is 0.275 e. The minimum atomic E-state index is -0.202. The molecular formula is C26H22N4O2S. The Morgan fingerprint density at radius 3 is 2.42 bits per heavy atom. The summed E-state index contributed by atoms with van der Waals surface area (Å²) in [5.41, 5.74) is 6.72. The maximum Gasteiger partial charge on any atom is 0.275 e. The number of carbonyl (C=O) groups is 1. The third-order valence-electron chi connectivity index (χ3n) is 5.85. The van der Waals surface area contributed by atoms with Gasteiger partial charge in [-0.05, 0) is 86.8 Å². The number of anilines is 1. The molecule has 0 unspecified atom stereocenters. The van der Waals surface area contributed by atoms with Crippen molar-refractivity contribution in [2.24, 2.45) is 0 Å². The monoisotopic (exact) mass is 454 g/mol. The highest BCUT2D eigenvalue weighted by Gasteiger charge is 2.16. The van der Waals surface area contributed by atoms with E-state index in [1.807, 2.05) is 52.0 Å². The molecule has 164 valence electrons. The van der Waals surface area contributed by atoms with Crippen LogP contribution < -0.4 is 10.9 Å². The number of aromatic nitrogens is 3. The number of rotatable bonds is 3. The fourth-order valence-electron chi connectivity index (χ4n) is 3.95. The predicted molar refractivity (Wildman–Crippen MR) is 134 cm³/mol. The number of hydrogen-bond donors (Lipinski definition) is 1. The van der Waals surface area contributed by atoms with Crippen LogP contribution in [-0.4, -0.2) is 20.4 Å². The molecular weight excluding hydrogens is 432 g/mol. The zero-order valence-electron chi connectivity index (χ0n) is 18.8. The maximum absolute atomic E-state index is 13.2. The summed E-state index contributed by atoms with van der Waals surface area (Å²) in [7, 11) is 0. The largest absolute Gasteiger partial charge is 0.322 e. The van der Waals surface area contributed by atoms with E-state index in [1.54, 1.807) is 30.6 Å². The Hall–Kier alpha value is -3.84. The average molecular weight is 455 g/mol. The van der Waals surface area contributed by atoms with E-state index in [9.17, 15) is 9.59 Å². The quantitative estimate of drug-likeness (QED) is 0.392. The molecule has 0 atom stereocenters. The van der Waals surface area contributed by atoms with Crippen LogP contribution in [-0.2, 0) is 0 Å². The predicted octanol–water partition coefficient (Wildman–Crippen LogP) is 5.48. The van der Waals surface area contributed by atoms with Crippen LogP contribution in [0, 0.1) is 27.7 Å². The molecule has 0 aliphatic rings. The molecule has 0 saturated carbocycles. The Morgan fingerprint density at radius 1 is 0.939 bits per heavy atom. The highest BCUT2D eigenvalue weighted by Crippen LogP contribution is 2.31. The molecule has 0 aliphatic carbocycles. The van der Waals surface area contributed by atoms with Crippen LogP contribution in [0.15, 0.2) is 59.7 Å². The maximum atomic E-state index is 13.2. The van der Waals surface area contributed by atoms with E-state index in [-0.39, 0.29) is 11.5 Å². The molecule has 3 heterocycles. The molecule has 7 heteroatoms. The first-order valence-corrected chi connectivity index (χ1v) is 11.4. The lowest BCUT2D eigenvalue weighted by molar-refractivity contribution is 0.102. The van der Waals surface area contributed by atoms with E-state index in [0.29, 0.717) is 21.5 Å². The Morgan fingerprint density at radius 2 is 1.70 bits per heavy atom. The Bertz CT molecular complexity index is 1610. The highest BCUT2D eigenvalue weighted by molar-refractivity contribution is 7.25. The van der Waals surface area contributed by atoms with Crippen LogP contribution >= 0.6 is 11.3 Å². The second kappa shape index (κ2) is 7.94. The van der Waals surface area contributed by atoms with Gasteiger partial charge in [-0.3, -0.25) is 14.2 Å². The van der Waals surface area contributed by atoms with Gasteiger partial charge in [0.2, 0.25) is 0 Å². The number of carbonyl (C=O) groups excluding carboxylic acids is 1. The lowest BCUT2D eigenvalue weighted by Crippen LogP contribution is -2.18. The normalized spacial score (nSPS) is 11.3. The number of aryl methyl sites for hydroxylation is 4. The third-order valence-corrected chi connectivity index (χ3v) is 6.91. The summed E-state index contributed by atoms with van der Waals surface area (Å²) in [6.45, 7) is 8.00. The zero-order chi connectivity index (χ0) is 23.3. The van der Waals surface area contributed by atoms with Gasteiger partial charge in [0.1, 0.15) is 15.9 Å². The van der Waals surface area contributed by atoms with Crippen molar-refractivity contribution in [3.8, 4) is 5.69 Å². The summed E-state index contributed by atoms with van der Waals surface area (Å²) in [6.07, 6.45) is 1.54. The van der Waals surface area contributed by atoms with Crippen molar-refractivity contribution in [3.63, 3.8) is 0 Å². The third kappa shape index (κ3) is 3.70. The number of pyridine rings is 1. The molecule has 0 fully saturated rings. The first-order chi connectivity index (χ1) is 15.8. The van der Waals surface area contributed by atoms with E-state index in [0.717, 1.165) is 32.7 Å². The van der Waals surface area contributed by atoms with E-state index >= 15 is 0 Å². The number of thiophene rings is 1. The van der Waals surface area contributed by atoms with Crippen molar-refractivity contribution in [1.82, 2.24) is 14.5 Å². The fraction of sp³-hybridized carbons (Fsp3) is 0.154. The van der Waals surface area contributed by atoms with E-state index in [2.05, 4.69) is 15.3 Å². The minimum Gasteiger partial charge on any atom is -0.322 e. The van der Waals surface area contributed by atoms with Crippen LogP contribution in [0.4, 0.5) is 5.69 Å². The molecule has 6 nitrogen and oxygen atoms in total. The van der Waals surface area contributed by atoms with E-state index < -0.39 is 0 Å². The summed E-state index contributed by atoms with van der Waals surface area (Å²) < 4.78 is 2.08. The summed E-state index contributed by atoms with van der Waals surface area (Å²) in [6, 6.07) is 14.8. The van der Waals surface area contributed by atoms with Gasteiger partial charge in [0.15, 0.2) is 0 Å². The number of benzene rings is 2. The molecule has 0 spiro atoms. The second-order valence-electron chi connectivity index (χ2n) is 8.26. The van der Waals surface area contributed by atoms with Crippen LogP contribution in [0.25, 0.3) is 26.1 Å². The summed E-state index contributed by atoms with van der Waals surface area (Å²) in [4.78, 5) is 35.9.